The molecule has 11 heteroatoms. The molecule has 0 amide bonds. The minimum atomic E-state index is -5.56. The second-order valence-corrected chi connectivity index (χ2v) is 4.82. The average Bonchev–Trinajstić information content (AvgIpc) is 1.96. The summed E-state index contributed by atoms with van der Waals surface area (Å²) in [5.74, 6) is -6.59. The Morgan fingerprint density at radius 1 is 1.12 bits per heavy atom. The monoisotopic (exact) mass is 272 g/mol. The number of hydrogen-bond acceptors (Lipinski definition) is 5. The Hall–Kier alpha value is -1.48. The van der Waals surface area contributed by atoms with Crippen molar-refractivity contribution in [3.63, 3.8) is 0 Å². The molecule has 2 atom stereocenters. The first-order chi connectivity index (χ1) is 7.43. The first-order valence-corrected chi connectivity index (χ1v) is 5.56. The minimum absolute atomic E-state index is 1.66. The lowest BCUT2D eigenvalue weighted by Gasteiger charge is -2.28. The van der Waals surface area contributed by atoms with Gasteiger partial charge in [0.1, 0.15) is 0 Å². The van der Waals surface area contributed by atoms with E-state index in [0.29, 0.717) is 0 Å². The van der Waals surface area contributed by atoms with E-state index < -0.39 is 43.2 Å². The van der Waals surface area contributed by atoms with Crippen molar-refractivity contribution in [1.82, 2.24) is 0 Å². The van der Waals surface area contributed by atoms with Crippen LogP contribution in [-0.2, 0) is 18.9 Å². The Morgan fingerprint density at radius 2 is 1.53 bits per heavy atom. The maximum atomic E-state index is 10.8. The summed E-state index contributed by atoms with van der Waals surface area (Å²) in [7, 11) is -5.56. The Bertz CT molecular complexity index is 396. The van der Waals surface area contributed by atoms with E-state index in [0.717, 1.165) is 0 Å². The second kappa shape index (κ2) is 4.80. The van der Waals surface area contributed by atoms with Gasteiger partial charge in [-0.15, -0.1) is 0 Å². The molecule has 0 saturated carbocycles. The highest BCUT2D eigenvalue weighted by Crippen LogP contribution is 2.47. The smallest absolute Gasteiger partial charge is 0.343 e. The summed E-state index contributed by atoms with van der Waals surface area (Å²) in [5, 5.41) is 34.7. The van der Waals surface area contributed by atoms with Gasteiger partial charge in [-0.1, -0.05) is 0 Å². The van der Waals surface area contributed by atoms with Crippen molar-refractivity contribution in [3.8, 4) is 0 Å². The summed E-state index contributed by atoms with van der Waals surface area (Å²) in [6.07, 6.45) is -1.66. The van der Waals surface area contributed by atoms with Gasteiger partial charge in [-0.05, 0) is 0 Å². The van der Waals surface area contributed by atoms with Crippen molar-refractivity contribution < 1.29 is 49.2 Å². The molecule has 6 N–H and O–H groups in total. The number of rotatable bonds is 6. The Kier molecular flexibility index (Phi) is 4.38. The molecule has 0 aliphatic carbocycles. The molecule has 0 aromatic carbocycles. The van der Waals surface area contributed by atoms with Crippen molar-refractivity contribution in [2.45, 2.75) is 17.7 Å². The molecule has 0 aromatic rings. The zero-order valence-electron chi connectivity index (χ0n) is 8.05. The highest BCUT2D eigenvalue weighted by molar-refractivity contribution is 7.53. The van der Waals surface area contributed by atoms with Crippen molar-refractivity contribution in [3.05, 3.63) is 0 Å². The van der Waals surface area contributed by atoms with E-state index in [2.05, 4.69) is 0 Å². The number of hydrogen-bond donors (Lipinski definition) is 6. The summed E-state index contributed by atoms with van der Waals surface area (Å²) in [6, 6.07) is 0. The van der Waals surface area contributed by atoms with Crippen LogP contribution in [0.1, 0.15) is 6.42 Å². The third kappa shape index (κ3) is 3.49. The van der Waals surface area contributed by atoms with Crippen molar-refractivity contribution in [1.29, 1.82) is 0 Å². The van der Waals surface area contributed by atoms with Crippen molar-refractivity contribution in [2.75, 3.05) is 0 Å². The lowest BCUT2D eigenvalue weighted by atomic mass is 9.95. The minimum Gasteiger partial charge on any atom is -0.481 e. The first kappa shape index (κ1) is 15.5. The van der Waals surface area contributed by atoms with Crippen LogP contribution in [0.2, 0.25) is 0 Å². The van der Waals surface area contributed by atoms with Gasteiger partial charge in [0.2, 0.25) is 0 Å². The maximum Gasteiger partial charge on any atom is 0.343 e. The maximum absolute atomic E-state index is 10.8. The fraction of sp³-hybridized carbons (Fsp3) is 0.500. The van der Waals surface area contributed by atoms with Crippen molar-refractivity contribution in [2.24, 2.45) is 0 Å². The Morgan fingerprint density at radius 3 is 1.71 bits per heavy atom. The van der Waals surface area contributed by atoms with E-state index >= 15 is 0 Å². The van der Waals surface area contributed by atoms with Gasteiger partial charge in [0, 0.05) is 0 Å². The lowest BCUT2D eigenvalue weighted by Crippen LogP contribution is -2.54. The molecule has 0 radical (unpaired) electrons. The summed E-state index contributed by atoms with van der Waals surface area (Å²) in [4.78, 5) is 48.8. The number of carboxylic acid groups (broad SMARTS) is 3. The molecule has 0 spiro atoms. The lowest BCUT2D eigenvalue weighted by molar-refractivity contribution is -0.170. The highest BCUT2D eigenvalue weighted by atomic mass is 31.2. The summed E-state index contributed by atoms with van der Waals surface area (Å²) in [5.41, 5.74) is -6.67. The number of carboxylic acids is 3. The van der Waals surface area contributed by atoms with E-state index in [9.17, 15) is 24.1 Å². The van der Waals surface area contributed by atoms with Crippen LogP contribution in [0.5, 0.6) is 0 Å². The predicted octanol–water partition coefficient (Wildman–Crippen LogP) is -2.09. The number of aliphatic carboxylic acids is 3. The largest absolute Gasteiger partial charge is 0.481 e. The number of carbonyl (C=O) groups is 3. The quantitative estimate of drug-likeness (QED) is 0.292. The topological polar surface area (TPSA) is 190 Å². The molecule has 10 nitrogen and oxygen atoms in total. The van der Waals surface area contributed by atoms with E-state index in [1.165, 1.54) is 0 Å². The standard InChI is InChI=1S/C6H9O10P/c7-2(8)1-6(13,5(11)12)3(4(9)10)17(14,15)16/h3,13H,1H2,(H,7,8)(H,9,10)(H,11,12)(H2,14,15,16). The van der Waals surface area contributed by atoms with Crippen LogP contribution >= 0.6 is 7.60 Å². The van der Waals surface area contributed by atoms with Crippen LogP contribution in [0.4, 0.5) is 0 Å². The third-order valence-electron chi connectivity index (χ3n) is 1.81. The van der Waals surface area contributed by atoms with Crippen molar-refractivity contribution >= 4 is 25.5 Å². The van der Waals surface area contributed by atoms with Crippen LogP contribution in [0.15, 0.2) is 0 Å². The molecule has 0 aliphatic heterocycles. The molecule has 0 aliphatic rings. The predicted molar refractivity (Wildman–Crippen MR) is 48.3 cm³/mol. The van der Waals surface area contributed by atoms with Crippen LogP contribution in [0.3, 0.4) is 0 Å². The average molecular weight is 272 g/mol. The SMILES string of the molecule is O=C(O)CC(O)(C(=O)O)C(C(=O)O)P(=O)(O)O. The zero-order valence-corrected chi connectivity index (χ0v) is 8.94. The van der Waals surface area contributed by atoms with E-state index in [1.807, 2.05) is 0 Å². The van der Waals surface area contributed by atoms with Gasteiger partial charge in [-0.25, -0.2) is 4.79 Å². The fourth-order valence-electron chi connectivity index (χ4n) is 1.15. The van der Waals surface area contributed by atoms with Crippen LogP contribution in [0.25, 0.3) is 0 Å². The van der Waals surface area contributed by atoms with Crippen LogP contribution in [0, 0.1) is 0 Å². The van der Waals surface area contributed by atoms with Gasteiger partial charge < -0.3 is 30.2 Å². The molecule has 0 rings (SSSR count). The Balaban J connectivity index is 5.72. The van der Waals surface area contributed by atoms with Gasteiger partial charge in [0.05, 0.1) is 6.42 Å². The number of aliphatic hydroxyl groups is 1. The molecule has 0 heterocycles. The summed E-state index contributed by atoms with van der Waals surface area (Å²) in [6.45, 7) is 0. The summed E-state index contributed by atoms with van der Waals surface area (Å²) < 4.78 is 10.8. The Labute approximate surface area is 93.3 Å². The molecule has 17 heavy (non-hydrogen) atoms. The van der Waals surface area contributed by atoms with Gasteiger partial charge >= 0.3 is 25.5 Å². The molecule has 0 fully saturated rings. The third-order valence-corrected chi connectivity index (χ3v) is 3.13. The zero-order chi connectivity index (χ0) is 14.0. The molecule has 0 saturated heterocycles. The molecule has 0 bridgehead atoms. The van der Waals surface area contributed by atoms with Gasteiger partial charge in [-0.3, -0.25) is 14.2 Å². The molecular weight excluding hydrogens is 263 g/mol. The fourth-order valence-corrected chi connectivity index (χ4v) is 2.19. The van der Waals surface area contributed by atoms with E-state index in [-0.39, 0.29) is 0 Å². The molecule has 98 valence electrons. The van der Waals surface area contributed by atoms with Gasteiger partial charge in [0.15, 0.2) is 11.3 Å². The molecule has 0 aromatic heterocycles. The van der Waals surface area contributed by atoms with Gasteiger partial charge in [-0.2, -0.15) is 0 Å². The first-order valence-electron chi connectivity index (χ1n) is 3.88. The van der Waals surface area contributed by atoms with E-state index in [4.69, 9.17) is 25.1 Å². The molecular formula is C6H9O10P. The molecule has 2 unspecified atom stereocenters. The van der Waals surface area contributed by atoms with E-state index in [1.54, 1.807) is 0 Å². The highest BCUT2D eigenvalue weighted by Gasteiger charge is 2.58. The van der Waals surface area contributed by atoms with Crippen LogP contribution < -0.4 is 0 Å². The van der Waals surface area contributed by atoms with Crippen LogP contribution in [-0.4, -0.2) is 59.4 Å². The van der Waals surface area contributed by atoms with Gasteiger partial charge in [0.25, 0.3) is 0 Å². The second-order valence-electron chi connectivity index (χ2n) is 3.13. The normalized spacial score (nSPS) is 16.9. The summed E-state index contributed by atoms with van der Waals surface area (Å²) >= 11 is 0.